The normalized spacial score (nSPS) is 11.0. The van der Waals surface area contributed by atoms with Gasteiger partial charge in [0.1, 0.15) is 10.8 Å². The number of benzene rings is 1. The second-order valence-electron chi connectivity index (χ2n) is 4.28. The number of aromatic nitrogens is 2. The number of nitrogens with zero attached hydrogens (tertiary/aromatic N) is 1. The van der Waals surface area contributed by atoms with Crippen molar-refractivity contribution in [3.8, 4) is 0 Å². The van der Waals surface area contributed by atoms with Crippen LogP contribution in [0, 0.1) is 5.82 Å². The Hall–Kier alpha value is -1.44. The summed E-state index contributed by atoms with van der Waals surface area (Å²) in [6, 6.07) is 6.92. The number of hydrogen-bond acceptors (Lipinski definition) is 3. The van der Waals surface area contributed by atoms with Gasteiger partial charge in [-0.2, -0.15) is 0 Å². The minimum absolute atomic E-state index is 0.220. The highest BCUT2D eigenvalue weighted by Crippen LogP contribution is 2.39. The van der Waals surface area contributed by atoms with E-state index in [0.717, 1.165) is 20.3 Å². The Morgan fingerprint density at radius 2 is 2.19 bits per heavy atom. The summed E-state index contributed by atoms with van der Waals surface area (Å²) < 4.78 is 15.0. The molecule has 3 aromatic rings. The van der Waals surface area contributed by atoms with Crippen LogP contribution in [0.3, 0.4) is 0 Å². The summed E-state index contributed by atoms with van der Waals surface area (Å²) in [6.07, 6.45) is 3.39. The Kier molecular flexibility index (Phi) is 3.97. The molecular formula is C14H9BrFN3S2. The van der Waals surface area contributed by atoms with E-state index in [9.17, 15) is 4.39 Å². The van der Waals surface area contributed by atoms with Crippen LogP contribution in [0.1, 0.15) is 5.69 Å². The van der Waals surface area contributed by atoms with Crippen LogP contribution < -0.4 is 5.73 Å². The Bertz CT molecular complexity index is 847. The lowest BCUT2D eigenvalue weighted by molar-refractivity contribution is 0.602. The lowest BCUT2D eigenvalue weighted by Crippen LogP contribution is -2.11. The van der Waals surface area contributed by atoms with Crippen molar-refractivity contribution in [2.45, 2.75) is 9.79 Å². The quantitative estimate of drug-likeness (QED) is 0.665. The van der Waals surface area contributed by atoms with Crippen molar-refractivity contribution in [3.05, 3.63) is 52.6 Å². The molecule has 0 unspecified atom stereocenters. The van der Waals surface area contributed by atoms with Gasteiger partial charge in [-0.25, -0.2) is 4.39 Å². The summed E-state index contributed by atoms with van der Waals surface area (Å²) in [4.78, 5) is 8.63. The molecule has 0 atom stereocenters. The number of aromatic amines is 1. The van der Waals surface area contributed by atoms with Crippen LogP contribution in [0.25, 0.3) is 10.9 Å². The van der Waals surface area contributed by atoms with Gasteiger partial charge in [0, 0.05) is 32.7 Å². The maximum atomic E-state index is 14.3. The van der Waals surface area contributed by atoms with E-state index in [1.165, 1.54) is 17.8 Å². The molecule has 7 heteroatoms. The van der Waals surface area contributed by atoms with E-state index in [1.807, 2.05) is 6.07 Å². The fraction of sp³-hybridized carbons (Fsp3) is 0. The first-order valence-corrected chi connectivity index (χ1v) is 7.97. The van der Waals surface area contributed by atoms with Crippen molar-refractivity contribution in [2.24, 2.45) is 5.73 Å². The molecule has 3 N–H and O–H groups in total. The molecule has 1 aromatic carbocycles. The molecule has 2 heterocycles. The molecule has 0 amide bonds. The van der Waals surface area contributed by atoms with Crippen molar-refractivity contribution in [1.82, 2.24) is 9.97 Å². The zero-order valence-electron chi connectivity index (χ0n) is 10.6. The standard InChI is InChI=1S/C14H9BrFN3S2/c15-12-8-2-4-18-10(8)6-9(16)13(12)21-7-1-3-19-11(5-7)14(17)20/h1-6,18H,(H2,17,20). The first-order chi connectivity index (χ1) is 10.1. The molecule has 3 rings (SSSR count). The van der Waals surface area contributed by atoms with E-state index in [1.54, 1.807) is 24.5 Å². The number of pyridine rings is 1. The molecule has 0 fully saturated rings. The van der Waals surface area contributed by atoms with Gasteiger partial charge in [0.05, 0.1) is 10.6 Å². The van der Waals surface area contributed by atoms with Crippen LogP contribution in [0.5, 0.6) is 0 Å². The fourth-order valence-corrected chi connectivity index (χ4v) is 3.71. The highest BCUT2D eigenvalue weighted by Gasteiger charge is 2.14. The maximum Gasteiger partial charge on any atom is 0.140 e. The lowest BCUT2D eigenvalue weighted by atomic mass is 10.2. The van der Waals surface area contributed by atoms with Crippen LogP contribution in [-0.4, -0.2) is 15.0 Å². The summed E-state index contributed by atoms with van der Waals surface area (Å²) in [6.45, 7) is 0. The summed E-state index contributed by atoms with van der Waals surface area (Å²) in [5.41, 5.74) is 6.84. The highest BCUT2D eigenvalue weighted by atomic mass is 79.9. The Morgan fingerprint density at radius 1 is 1.38 bits per heavy atom. The average Bonchev–Trinajstić information content (AvgIpc) is 2.92. The number of nitrogens with two attached hydrogens (primary N) is 1. The molecule has 21 heavy (non-hydrogen) atoms. The van der Waals surface area contributed by atoms with Crippen molar-refractivity contribution in [1.29, 1.82) is 0 Å². The highest BCUT2D eigenvalue weighted by molar-refractivity contribution is 9.10. The molecule has 0 radical (unpaired) electrons. The summed E-state index contributed by atoms with van der Waals surface area (Å²) in [5.74, 6) is -0.296. The summed E-state index contributed by atoms with van der Waals surface area (Å²) >= 11 is 9.68. The number of thiocarbonyl (C=S) groups is 1. The zero-order chi connectivity index (χ0) is 15.0. The van der Waals surface area contributed by atoms with Crippen LogP contribution in [-0.2, 0) is 0 Å². The van der Waals surface area contributed by atoms with Crippen LogP contribution in [0.4, 0.5) is 4.39 Å². The summed E-state index contributed by atoms with van der Waals surface area (Å²) in [7, 11) is 0. The van der Waals surface area contributed by atoms with Crippen LogP contribution >= 0.6 is 39.9 Å². The smallest absolute Gasteiger partial charge is 0.140 e. The molecule has 0 bridgehead atoms. The number of hydrogen-bond donors (Lipinski definition) is 2. The van der Waals surface area contributed by atoms with Crippen molar-refractivity contribution in [3.63, 3.8) is 0 Å². The Balaban J connectivity index is 2.05. The molecular weight excluding hydrogens is 373 g/mol. The van der Waals surface area contributed by atoms with Gasteiger partial charge < -0.3 is 10.7 Å². The molecule has 3 nitrogen and oxygen atoms in total. The predicted octanol–water partition coefficient (Wildman–Crippen LogP) is 4.25. The molecule has 2 aromatic heterocycles. The predicted molar refractivity (Wildman–Crippen MR) is 90.2 cm³/mol. The van der Waals surface area contributed by atoms with Gasteiger partial charge in [-0.05, 0) is 40.2 Å². The van der Waals surface area contributed by atoms with Gasteiger partial charge in [-0.1, -0.05) is 24.0 Å². The van der Waals surface area contributed by atoms with Gasteiger partial charge >= 0.3 is 0 Å². The second-order valence-corrected chi connectivity index (χ2v) is 6.60. The van der Waals surface area contributed by atoms with Gasteiger partial charge in [0.15, 0.2) is 0 Å². The van der Waals surface area contributed by atoms with E-state index in [2.05, 4.69) is 25.9 Å². The van der Waals surface area contributed by atoms with E-state index in [-0.39, 0.29) is 10.8 Å². The van der Waals surface area contributed by atoms with E-state index in [0.29, 0.717) is 10.6 Å². The zero-order valence-corrected chi connectivity index (χ0v) is 13.8. The SMILES string of the molecule is NC(=S)c1cc(Sc2c(F)cc3[nH]ccc3c2Br)ccn1. The topological polar surface area (TPSA) is 54.7 Å². The molecule has 0 saturated carbocycles. The molecule has 0 aliphatic rings. The third-order valence-corrected chi connectivity index (χ3v) is 5.29. The largest absolute Gasteiger partial charge is 0.388 e. The average molecular weight is 382 g/mol. The molecule has 0 aliphatic heterocycles. The van der Waals surface area contributed by atoms with E-state index in [4.69, 9.17) is 18.0 Å². The first kappa shape index (κ1) is 14.5. The molecule has 0 saturated heterocycles. The first-order valence-electron chi connectivity index (χ1n) is 5.95. The number of rotatable bonds is 3. The van der Waals surface area contributed by atoms with Gasteiger partial charge in [-0.3, -0.25) is 4.98 Å². The minimum atomic E-state index is -0.296. The number of H-pyrrole nitrogens is 1. The molecule has 106 valence electrons. The third kappa shape index (κ3) is 2.81. The van der Waals surface area contributed by atoms with Crippen molar-refractivity contribution >= 4 is 55.8 Å². The van der Waals surface area contributed by atoms with Gasteiger partial charge in [-0.15, -0.1) is 0 Å². The van der Waals surface area contributed by atoms with Crippen molar-refractivity contribution < 1.29 is 4.39 Å². The van der Waals surface area contributed by atoms with Crippen LogP contribution in [0.15, 0.2) is 50.9 Å². The number of nitrogens with one attached hydrogen (secondary N) is 1. The monoisotopic (exact) mass is 381 g/mol. The second kappa shape index (κ2) is 5.75. The lowest BCUT2D eigenvalue weighted by Gasteiger charge is -2.08. The minimum Gasteiger partial charge on any atom is -0.388 e. The fourth-order valence-electron chi connectivity index (χ4n) is 1.93. The maximum absolute atomic E-state index is 14.3. The summed E-state index contributed by atoms with van der Waals surface area (Å²) in [5, 5.41) is 0.933. The number of halogens is 2. The van der Waals surface area contributed by atoms with Gasteiger partial charge in [0.2, 0.25) is 0 Å². The molecule has 0 spiro atoms. The number of fused-ring (bicyclic) bond motifs is 1. The third-order valence-electron chi connectivity index (χ3n) is 2.91. The van der Waals surface area contributed by atoms with Gasteiger partial charge in [0.25, 0.3) is 0 Å². The Labute approximate surface area is 138 Å². The Morgan fingerprint density at radius 3 is 2.95 bits per heavy atom. The van der Waals surface area contributed by atoms with E-state index < -0.39 is 0 Å². The van der Waals surface area contributed by atoms with E-state index >= 15 is 0 Å². The molecule has 0 aliphatic carbocycles. The van der Waals surface area contributed by atoms with Crippen molar-refractivity contribution in [2.75, 3.05) is 0 Å². The van der Waals surface area contributed by atoms with Crippen LogP contribution in [0.2, 0.25) is 0 Å².